The number of aromatic nitrogens is 4. The first-order valence-electron chi connectivity index (χ1n) is 13.8. The highest BCUT2D eigenvalue weighted by Crippen LogP contribution is 2.36. The summed E-state index contributed by atoms with van der Waals surface area (Å²) in [6, 6.07) is 13.0. The highest BCUT2D eigenvalue weighted by Gasteiger charge is 2.25. The van der Waals surface area contributed by atoms with E-state index < -0.39 is 0 Å². The average molecular weight is 568 g/mol. The summed E-state index contributed by atoms with van der Waals surface area (Å²) in [5.41, 5.74) is 6.54. The zero-order valence-corrected chi connectivity index (χ0v) is 23.8. The van der Waals surface area contributed by atoms with E-state index in [0.29, 0.717) is 45.6 Å². The molecule has 0 radical (unpaired) electrons. The van der Waals surface area contributed by atoms with E-state index in [4.69, 9.17) is 11.6 Å². The smallest absolute Gasteiger partial charge is 0.291 e. The topological polar surface area (TPSA) is 118 Å². The number of rotatable bonds is 6. The van der Waals surface area contributed by atoms with Crippen molar-refractivity contribution < 1.29 is 9.59 Å². The molecule has 2 aromatic heterocycles. The number of hydrogen-bond acceptors (Lipinski definition) is 6. The Kier molecular flexibility index (Phi) is 7.20. The van der Waals surface area contributed by atoms with Crippen molar-refractivity contribution in [2.75, 3.05) is 11.9 Å². The van der Waals surface area contributed by atoms with Gasteiger partial charge in [-0.15, -0.1) is 0 Å². The van der Waals surface area contributed by atoms with E-state index in [0.717, 1.165) is 61.4 Å². The minimum atomic E-state index is -0.367. The van der Waals surface area contributed by atoms with E-state index in [1.807, 2.05) is 41.4 Å². The number of nitrogens with one attached hydrogen (secondary N) is 2. The van der Waals surface area contributed by atoms with Crippen LogP contribution in [-0.2, 0) is 46.3 Å². The lowest BCUT2D eigenvalue weighted by Crippen LogP contribution is -2.24. The Hall–Kier alpha value is -4.26. The molecular weight excluding hydrogens is 538 g/mol. The Bertz CT molecular complexity index is 1740. The van der Waals surface area contributed by atoms with E-state index >= 15 is 0 Å². The maximum Gasteiger partial charge on any atom is 0.291 e. The number of nitriles is 1. The molecule has 0 saturated heterocycles. The van der Waals surface area contributed by atoms with Gasteiger partial charge in [0.05, 0.1) is 27.7 Å². The van der Waals surface area contributed by atoms with Crippen molar-refractivity contribution >= 4 is 29.0 Å². The maximum atomic E-state index is 13.3. The van der Waals surface area contributed by atoms with Crippen LogP contribution in [0, 0.1) is 11.3 Å². The molecule has 0 spiro atoms. The molecule has 1 aliphatic heterocycles. The van der Waals surface area contributed by atoms with Gasteiger partial charge in [0.2, 0.25) is 5.78 Å². The predicted octanol–water partition coefficient (Wildman–Crippen LogP) is 4.55. The lowest BCUT2D eigenvalue weighted by atomic mass is 9.95. The number of ketones is 1. The number of nitrogens with zero attached hydrogens (tertiary/aromatic N) is 5. The second-order valence-electron chi connectivity index (χ2n) is 10.6. The van der Waals surface area contributed by atoms with Crippen LogP contribution in [0.2, 0.25) is 5.02 Å². The van der Waals surface area contributed by atoms with Crippen molar-refractivity contribution in [2.45, 2.75) is 45.1 Å². The number of halogens is 1. The molecule has 41 heavy (non-hydrogen) atoms. The minimum Gasteiger partial charge on any atom is -0.328 e. The molecule has 0 fully saturated rings. The SMILES string of the molecule is Cn1c(C(=O)Cc2cccc(-c3cccc(NC(=O)c4nc5c(n4C)CCCC5)c3C#N)c2Cl)nc2c1CCNC2. The van der Waals surface area contributed by atoms with Crippen LogP contribution in [0.4, 0.5) is 5.69 Å². The zero-order valence-electron chi connectivity index (χ0n) is 23.1. The third-order valence-corrected chi connectivity index (χ3v) is 8.54. The fourth-order valence-corrected chi connectivity index (χ4v) is 6.24. The summed E-state index contributed by atoms with van der Waals surface area (Å²) < 4.78 is 3.74. The molecular formula is C31H30ClN7O2. The largest absolute Gasteiger partial charge is 0.328 e. The molecule has 6 rings (SSSR count). The van der Waals surface area contributed by atoms with E-state index in [9.17, 15) is 14.9 Å². The monoisotopic (exact) mass is 567 g/mol. The lowest BCUT2D eigenvalue weighted by molar-refractivity contribution is 0.0978. The summed E-state index contributed by atoms with van der Waals surface area (Å²) in [7, 11) is 3.74. The van der Waals surface area contributed by atoms with Crippen LogP contribution in [0.1, 0.15) is 68.0 Å². The normalized spacial score (nSPS) is 14.2. The molecule has 0 saturated carbocycles. The van der Waals surface area contributed by atoms with E-state index in [2.05, 4.69) is 26.7 Å². The second kappa shape index (κ2) is 11.0. The van der Waals surface area contributed by atoms with Crippen LogP contribution in [0.5, 0.6) is 0 Å². The van der Waals surface area contributed by atoms with Gasteiger partial charge >= 0.3 is 0 Å². The van der Waals surface area contributed by atoms with E-state index in [-0.39, 0.29) is 23.7 Å². The molecule has 0 bridgehead atoms. The van der Waals surface area contributed by atoms with Gasteiger partial charge in [-0.2, -0.15) is 5.26 Å². The molecule has 2 aliphatic rings. The number of benzene rings is 2. The number of imidazole rings is 2. The van der Waals surface area contributed by atoms with Gasteiger partial charge in [-0.05, 0) is 37.3 Å². The van der Waals surface area contributed by atoms with Gasteiger partial charge in [0, 0.05) is 62.5 Å². The summed E-state index contributed by atoms with van der Waals surface area (Å²) in [5.74, 6) is 0.254. The van der Waals surface area contributed by atoms with Gasteiger partial charge in [-0.3, -0.25) is 9.59 Å². The van der Waals surface area contributed by atoms with Crippen molar-refractivity contribution in [3.8, 4) is 17.2 Å². The minimum absolute atomic E-state index is 0.0754. The number of aryl methyl sites for hydroxylation is 1. The fourth-order valence-electron chi connectivity index (χ4n) is 5.95. The first-order chi connectivity index (χ1) is 19.9. The molecule has 4 aromatic rings. The first kappa shape index (κ1) is 26.9. The lowest BCUT2D eigenvalue weighted by Gasteiger charge is -2.14. The van der Waals surface area contributed by atoms with Gasteiger partial charge in [-0.1, -0.05) is 41.9 Å². The van der Waals surface area contributed by atoms with Gasteiger partial charge in [0.15, 0.2) is 11.6 Å². The van der Waals surface area contributed by atoms with Crippen molar-refractivity contribution in [3.05, 3.63) is 87.0 Å². The number of anilines is 1. The Morgan fingerprint density at radius 1 is 0.976 bits per heavy atom. The standard InChI is InChI=1S/C31H30ClN7O2/c1-38-26-13-14-34-17-24(26)36-29(38)27(40)15-18-7-5-9-20(28(18)32)19-8-6-11-22(21(19)16-33)37-31(41)30-35-23-10-3-4-12-25(23)39(30)2/h5-9,11,34H,3-4,10,12-15,17H2,1-2H3,(H,37,41). The molecule has 1 amide bonds. The maximum absolute atomic E-state index is 13.3. The predicted molar refractivity (Wildman–Crippen MR) is 156 cm³/mol. The molecule has 10 heteroatoms. The van der Waals surface area contributed by atoms with Crippen molar-refractivity contribution in [1.82, 2.24) is 24.4 Å². The van der Waals surface area contributed by atoms with Crippen LogP contribution in [0.15, 0.2) is 36.4 Å². The molecule has 2 N–H and O–H groups in total. The molecule has 2 aromatic carbocycles. The van der Waals surface area contributed by atoms with Crippen LogP contribution >= 0.6 is 11.6 Å². The van der Waals surface area contributed by atoms with Crippen LogP contribution < -0.4 is 10.6 Å². The van der Waals surface area contributed by atoms with E-state index in [1.54, 1.807) is 18.2 Å². The highest BCUT2D eigenvalue weighted by molar-refractivity contribution is 6.34. The van der Waals surface area contributed by atoms with E-state index in [1.165, 1.54) is 0 Å². The number of fused-ring (bicyclic) bond motifs is 2. The zero-order chi connectivity index (χ0) is 28.7. The Labute approximate surface area is 243 Å². The molecule has 3 heterocycles. The molecule has 9 nitrogen and oxygen atoms in total. The molecule has 208 valence electrons. The third-order valence-electron chi connectivity index (χ3n) is 8.10. The summed E-state index contributed by atoms with van der Waals surface area (Å²) in [5, 5.41) is 16.7. The number of Topliss-reactive ketones (excluding diaryl/α,β-unsaturated/α-hetero) is 1. The third kappa shape index (κ3) is 4.83. The first-order valence-corrected chi connectivity index (χ1v) is 14.2. The summed E-state index contributed by atoms with van der Waals surface area (Å²) in [6.07, 6.45) is 4.83. The van der Waals surface area contributed by atoms with Gasteiger partial charge in [0.1, 0.15) is 6.07 Å². The van der Waals surface area contributed by atoms with Gasteiger partial charge < -0.3 is 19.8 Å². The van der Waals surface area contributed by atoms with Crippen molar-refractivity contribution in [1.29, 1.82) is 5.26 Å². The summed E-state index contributed by atoms with van der Waals surface area (Å²) in [4.78, 5) is 35.8. The average Bonchev–Trinajstić information content (AvgIpc) is 3.51. The summed E-state index contributed by atoms with van der Waals surface area (Å²) in [6.45, 7) is 1.51. The van der Waals surface area contributed by atoms with Gasteiger partial charge in [0.25, 0.3) is 5.91 Å². The van der Waals surface area contributed by atoms with Crippen LogP contribution in [0.25, 0.3) is 11.1 Å². The molecule has 1 aliphatic carbocycles. The quantitative estimate of drug-likeness (QED) is 0.330. The second-order valence-corrected chi connectivity index (χ2v) is 11.0. The Morgan fingerprint density at radius 2 is 1.68 bits per heavy atom. The Balaban J connectivity index is 1.29. The number of carbonyl (C=O) groups excluding carboxylic acids is 2. The summed E-state index contributed by atoms with van der Waals surface area (Å²) >= 11 is 6.88. The fraction of sp³-hybridized carbons (Fsp3) is 0.323. The highest BCUT2D eigenvalue weighted by atomic mass is 35.5. The number of amides is 1. The molecule has 0 atom stereocenters. The number of carbonyl (C=O) groups is 2. The Morgan fingerprint density at radius 3 is 2.46 bits per heavy atom. The van der Waals surface area contributed by atoms with Crippen LogP contribution in [-0.4, -0.2) is 37.3 Å². The molecule has 0 unspecified atom stereocenters. The van der Waals surface area contributed by atoms with Gasteiger partial charge in [-0.25, -0.2) is 9.97 Å². The van der Waals surface area contributed by atoms with Crippen LogP contribution in [0.3, 0.4) is 0 Å². The van der Waals surface area contributed by atoms with Crippen molar-refractivity contribution in [2.24, 2.45) is 14.1 Å². The van der Waals surface area contributed by atoms with Crippen molar-refractivity contribution in [3.63, 3.8) is 0 Å². The number of hydrogen-bond donors (Lipinski definition) is 2.